The summed E-state index contributed by atoms with van der Waals surface area (Å²) in [5.74, 6) is -0.811. The summed E-state index contributed by atoms with van der Waals surface area (Å²) in [6.07, 6.45) is 2.45. The van der Waals surface area contributed by atoms with Crippen molar-refractivity contribution in [2.75, 3.05) is 13.1 Å². The van der Waals surface area contributed by atoms with Gasteiger partial charge in [-0.15, -0.1) is 0 Å². The number of fused-ring (bicyclic) bond motifs is 1. The number of benzene rings is 3. The van der Waals surface area contributed by atoms with Crippen molar-refractivity contribution in [2.45, 2.75) is 95.5 Å². The first-order chi connectivity index (χ1) is 24.6. The molecular weight excluding hydrogens is 675 g/mol. The molecule has 1 saturated carbocycles. The molecule has 0 spiro atoms. The first-order valence-electron chi connectivity index (χ1n) is 18.1. The number of hydrogen-bond donors (Lipinski definition) is 4. The van der Waals surface area contributed by atoms with Gasteiger partial charge in [0.2, 0.25) is 21.8 Å². The number of nitrogens with zero attached hydrogens (tertiary/aromatic N) is 2. The van der Waals surface area contributed by atoms with Gasteiger partial charge in [0.1, 0.15) is 6.04 Å². The molecule has 0 radical (unpaired) electrons. The zero-order valence-electron chi connectivity index (χ0n) is 31.0. The van der Waals surface area contributed by atoms with Crippen molar-refractivity contribution in [2.24, 2.45) is 11.3 Å². The quantitative estimate of drug-likeness (QED) is 0.125. The molecule has 4 aromatic rings. The number of rotatable bonds is 16. The van der Waals surface area contributed by atoms with Crippen LogP contribution in [0.15, 0.2) is 102 Å². The van der Waals surface area contributed by atoms with Crippen molar-refractivity contribution in [3.8, 4) is 0 Å². The molecule has 1 aliphatic carbocycles. The Hall–Kier alpha value is -4.16. The van der Waals surface area contributed by atoms with Gasteiger partial charge in [-0.25, -0.2) is 8.42 Å². The van der Waals surface area contributed by atoms with Crippen LogP contribution in [0.3, 0.4) is 0 Å². The fourth-order valence-electron chi connectivity index (χ4n) is 6.62. The summed E-state index contributed by atoms with van der Waals surface area (Å²) >= 11 is 0. The van der Waals surface area contributed by atoms with Gasteiger partial charge in [-0.1, -0.05) is 101 Å². The molecule has 1 aliphatic rings. The highest BCUT2D eigenvalue weighted by molar-refractivity contribution is 7.89. The van der Waals surface area contributed by atoms with Crippen LogP contribution in [0.4, 0.5) is 0 Å². The molecule has 1 fully saturated rings. The lowest BCUT2D eigenvalue weighted by Gasteiger charge is -2.35. The smallest absolute Gasteiger partial charge is 0.243 e. The number of aromatic nitrogens is 1. The minimum absolute atomic E-state index is 0.0426. The number of amides is 2. The molecule has 4 atom stereocenters. The van der Waals surface area contributed by atoms with E-state index in [0.29, 0.717) is 10.9 Å². The number of aliphatic hydroxyl groups excluding tert-OH is 1. The largest absolute Gasteiger partial charge is 0.390 e. The molecule has 4 N–H and O–H groups in total. The van der Waals surface area contributed by atoms with Gasteiger partial charge in [0, 0.05) is 30.2 Å². The summed E-state index contributed by atoms with van der Waals surface area (Å²) in [5.41, 5.74) is 1.71. The van der Waals surface area contributed by atoms with Gasteiger partial charge in [0.25, 0.3) is 0 Å². The third-order valence-electron chi connectivity index (χ3n) is 9.64. The Morgan fingerprint density at radius 2 is 1.52 bits per heavy atom. The summed E-state index contributed by atoms with van der Waals surface area (Å²) in [6.45, 7) is 11.2. The average Bonchev–Trinajstić information content (AvgIpc) is 3.90. The highest BCUT2D eigenvalue weighted by Gasteiger charge is 2.46. The Bertz CT molecular complexity index is 1930. The first kappa shape index (κ1) is 39.1. The summed E-state index contributed by atoms with van der Waals surface area (Å²) in [7, 11) is -4.04. The number of carbonyl (C=O) groups is 2. The SMILES string of the molecule is CC(C)CN(C[C@@H](O)[C@H](Cc1ccccc1)NC(=O)[C@@H](NC(=O)[C@@H](C)NC1(c2ccccc2)CC1)C(C)(C)C)S(=O)(=O)c1ccc2ncccc2c1. The molecule has 2 amide bonds. The zero-order valence-corrected chi connectivity index (χ0v) is 31.9. The maximum absolute atomic E-state index is 14.2. The third-order valence-corrected chi connectivity index (χ3v) is 11.5. The van der Waals surface area contributed by atoms with E-state index in [0.717, 1.165) is 24.0 Å². The van der Waals surface area contributed by atoms with E-state index >= 15 is 0 Å². The second-order valence-corrected chi connectivity index (χ2v) is 17.5. The summed E-state index contributed by atoms with van der Waals surface area (Å²) in [6, 6.07) is 25.5. The molecule has 0 bridgehead atoms. The van der Waals surface area contributed by atoms with Crippen molar-refractivity contribution in [3.05, 3.63) is 108 Å². The van der Waals surface area contributed by atoms with E-state index in [1.165, 1.54) is 10.4 Å². The molecule has 5 rings (SSSR count). The van der Waals surface area contributed by atoms with Crippen molar-refractivity contribution in [1.29, 1.82) is 0 Å². The van der Waals surface area contributed by atoms with Crippen LogP contribution < -0.4 is 16.0 Å². The molecule has 278 valence electrons. The molecule has 11 heteroatoms. The van der Waals surface area contributed by atoms with Crippen LogP contribution in [0, 0.1) is 11.3 Å². The summed E-state index contributed by atoms with van der Waals surface area (Å²) < 4.78 is 29.5. The number of hydrogen-bond acceptors (Lipinski definition) is 7. The predicted octanol–water partition coefficient (Wildman–Crippen LogP) is 5.17. The van der Waals surface area contributed by atoms with Gasteiger partial charge in [0.05, 0.1) is 28.6 Å². The van der Waals surface area contributed by atoms with Gasteiger partial charge < -0.3 is 15.7 Å². The monoisotopic (exact) mass is 727 g/mol. The molecule has 1 heterocycles. The minimum Gasteiger partial charge on any atom is -0.390 e. The number of nitrogens with one attached hydrogen (secondary N) is 3. The van der Waals surface area contributed by atoms with E-state index in [9.17, 15) is 23.1 Å². The second kappa shape index (κ2) is 16.2. The molecule has 10 nitrogen and oxygen atoms in total. The summed E-state index contributed by atoms with van der Waals surface area (Å²) in [5, 5.41) is 22.0. The van der Waals surface area contributed by atoms with Crippen molar-refractivity contribution in [1.82, 2.24) is 25.2 Å². The Morgan fingerprint density at radius 3 is 2.13 bits per heavy atom. The van der Waals surface area contributed by atoms with Gasteiger partial charge in [-0.05, 0) is 72.9 Å². The Balaban J connectivity index is 1.36. The van der Waals surface area contributed by atoms with Crippen LogP contribution in [0.5, 0.6) is 0 Å². The van der Waals surface area contributed by atoms with Gasteiger partial charge in [-0.3, -0.25) is 19.9 Å². The van der Waals surface area contributed by atoms with Crippen molar-refractivity contribution < 1.29 is 23.1 Å². The zero-order chi connectivity index (χ0) is 37.7. The highest BCUT2D eigenvalue weighted by atomic mass is 32.2. The van der Waals surface area contributed by atoms with Crippen LogP contribution in [-0.2, 0) is 31.6 Å². The lowest BCUT2D eigenvalue weighted by Crippen LogP contribution is -2.60. The van der Waals surface area contributed by atoms with Gasteiger partial charge in [0.15, 0.2) is 0 Å². The van der Waals surface area contributed by atoms with Crippen LogP contribution in [-0.4, -0.2) is 71.9 Å². The van der Waals surface area contributed by atoms with Crippen LogP contribution in [0.2, 0.25) is 0 Å². The highest BCUT2D eigenvalue weighted by Crippen LogP contribution is 2.45. The van der Waals surface area contributed by atoms with Gasteiger partial charge >= 0.3 is 0 Å². The standard InChI is InChI=1S/C41H53N5O5S/c1-28(2)26-46(52(50,51)33-19-20-34-31(25-33)16-13-23-42-34)27-36(47)35(24-30-14-9-7-10-15-30)43-39(49)37(40(4,5)6)44-38(48)29(3)45-41(21-22-41)32-17-11-8-12-18-32/h7-20,23,25,28-29,35-37,45,47H,21-22,24,26-27H2,1-6H3,(H,43,49)(H,44,48)/t29-,35+,36-,37-/m1/s1. The number of carbonyl (C=O) groups excluding carboxylic acids is 2. The summed E-state index contributed by atoms with van der Waals surface area (Å²) in [4.78, 5) is 32.2. The normalized spacial score (nSPS) is 16.6. The van der Waals surface area contributed by atoms with E-state index in [-0.39, 0.29) is 41.8 Å². The van der Waals surface area contributed by atoms with E-state index in [1.54, 1.807) is 31.3 Å². The van der Waals surface area contributed by atoms with Crippen molar-refractivity contribution >= 4 is 32.7 Å². The molecule has 0 unspecified atom stereocenters. The minimum atomic E-state index is -4.04. The fraction of sp³-hybridized carbons (Fsp3) is 0.439. The lowest BCUT2D eigenvalue weighted by molar-refractivity contribution is -0.133. The third kappa shape index (κ3) is 9.63. The molecular formula is C41H53N5O5S. The number of pyridine rings is 1. The maximum Gasteiger partial charge on any atom is 0.243 e. The van der Waals surface area contributed by atoms with E-state index in [1.807, 2.05) is 89.2 Å². The predicted molar refractivity (Wildman–Crippen MR) is 205 cm³/mol. The fourth-order valence-corrected chi connectivity index (χ4v) is 8.27. The van der Waals surface area contributed by atoms with Crippen LogP contribution >= 0.6 is 0 Å². The van der Waals surface area contributed by atoms with E-state index in [4.69, 9.17) is 0 Å². The first-order valence-corrected chi connectivity index (χ1v) is 19.5. The number of sulfonamides is 1. The Kier molecular flexibility index (Phi) is 12.2. The molecule has 1 aromatic heterocycles. The van der Waals surface area contributed by atoms with Crippen LogP contribution in [0.25, 0.3) is 10.9 Å². The number of aliphatic hydroxyl groups is 1. The lowest BCUT2D eigenvalue weighted by atomic mass is 9.85. The second-order valence-electron chi connectivity index (χ2n) is 15.6. The van der Waals surface area contributed by atoms with E-state index in [2.05, 4.69) is 33.1 Å². The Morgan fingerprint density at radius 1 is 0.865 bits per heavy atom. The topological polar surface area (TPSA) is 141 Å². The maximum atomic E-state index is 14.2. The average molecular weight is 728 g/mol. The van der Waals surface area contributed by atoms with Crippen LogP contribution in [0.1, 0.15) is 65.5 Å². The van der Waals surface area contributed by atoms with E-state index < -0.39 is 45.6 Å². The molecule has 0 aliphatic heterocycles. The Labute approximate surface area is 308 Å². The molecule has 3 aromatic carbocycles. The van der Waals surface area contributed by atoms with Crippen molar-refractivity contribution in [3.63, 3.8) is 0 Å². The van der Waals surface area contributed by atoms with Gasteiger partial charge in [-0.2, -0.15) is 4.31 Å². The molecule has 0 saturated heterocycles. The molecule has 52 heavy (non-hydrogen) atoms.